The van der Waals surface area contributed by atoms with E-state index in [4.69, 9.17) is 4.74 Å². The average Bonchev–Trinajstić information content (AvgIpc) is 2.69. The molecule has 4 heteroatoms. The lowest BCUT2D eigenvalue weighted by Crippen LogP contribution is -2.45. The van der Waals surface area contributed by atoms with E-state index in [0.29, 0.717) is 6.04 Å². The molecule has 0 radical (unpaired) electrons. The van der Waals surface area contributed by atoms with Gasteiger partial charge >= 0.3 is 0 Å². The largest absolute Gasteiger partial charge is 0.378 e. The van der Waals surface area contributed by atoms with Gasteiger partial charge in [-0.3, -0.25) is 0 Å². The number of aromatic nitrogens is 1. The molecule has 0 spiro atoms. The smallest absolute Gasteiger partial charge is 0.103 e. The van der Waals surface area contributed by atoms with Crippen molar-refractivity contribution in [3.05, 3.63) is 18.3 Å². The molecule has 0 aliphatic carbocycles. The number of aromatic amines is 1. The summed E-state index contributed by atoms with van der Waals surface area (Å²) in [5, 5.41) is 6.68. The van der Waals surface area contributed by atoms with Crippen LogP contribution >= 0.6 is 0 Å². The molecule has 72 valence electrons. The second-order valence-electron chi connectivity index (χ2n) is 3.19. The van der Waals surface area contributed by atoms with Gasteiger partial charge in [-0.2, -0.15) is 0 Å². The third-order valence-electron chi connectivity index (χ3n) is 2.14. The summed E-state index contributed by atoms with van der Waals surface area (Å²) in [6.07, 6.45) is 1.91. The lowest BCUT2D eigenvalue weighted by Gasteiger charge is -2.23. The fourth-order valence-corrected chi connectivity index (χ4v) is 1.42. The van der Waals surface area contributed by atoms with Crippen molar-refractivity contribution < 1.29 is 4.74 Å². The minimum absolute atomic E-state index is 0.428. The quantitative estimate of drug-likeness (QED) is 0.633. The van der Waals surface area contributed by atoms with E-state index in [1.807, 2.05) is 18.3 Å². The number of anilines is 1. The van der Waals surface area contributed by atoms with Crippen LogP contribution in [-0.4, -0.2) is 37.3 Å². The van der Waals surface area contributed by atoms with Crippen LogP contribution in [0, 0.1) is 0 Å². The molecule has 1 saturated heterocycles. The molecule has 13 heavy (non-hydrogen) atoms. The van der Waals surface area contributed by atoms with E-state index >= 15 is 0 Å². The predicted molar refractivity (Wildman–Crippen MR) is 51.9 cm³/mol. The molecule has 1 aromatic rings. The summed E-state index contributed by atoms with van der Waals surface area (Å²) in [6.45, 7) is 3.49. The van der Waals surface area contributed by atoms with Crippen LogP contribution in [0.4, 0.5) is 5.82 Å². The van der Waals surface area contributed by atoms with Crippen LogP contribution in [0.25, 0.3) is 0 Å². The molecular formula is C9H15N3O. The summed E-state index contributed by atoms with van der Waals surface area (Å²) in [4.78, 5) is 3.10. The molecule has 1 aliphatic heterocycles. The highest BCUT2D eigenvalue weighted by Gasteiger charge is 2.11. The van der Waals surface area contributed by atoms with Crippen LogP contribution in [0.1, 0.15) is 0 Å². The van der Waals surface area contributed by atoms with Crippen molar-refractivity contribution in [1.29, 1.82) is 0 Å². The molecule has 3 N–H and O–H groups in total. The van der Waals surface area contributed by atoms with Crippen LogP contribution in [-0.2, 0) is 4.74 Å². The van der Waals surface area contributed by atoms with E-state index in [-0.39, 0.29) is 0 Å². The Morgan fingerprint density at radius 2 is 2.62 bits per heavy atom. The van der Waals surface area contributed by atoms with Crippen LogP contribution in [0.2, 0.25) is 0 Å². The summed E-state index contributed by atoms with van der Waals surface area (Å²) in [6, 6.07) is 4.42. The Balaban J connectivity index is 1.72. The Morgan fingerprint density at radius 3 is 3.31 bits per heavy atom. The first kappa shape index (κ1) is 8.59. The van der Waals surface area contributed by atoms with E-state index in [2.05, 4.69) is 15.6 Å². The number of rotatable bonds is 3. The Labute approximate surface area is 77.7 Å². The minimum Gasteiger partial charge on any atom is -0.378 e. The van der Waals surface area contributed by atoms with E-state index < -0.39 is 0 Å². The van der Waals surface area contributed by atoms with Gasteiger partial charge in [-0.1, -0.05) is 0 Å². The van der Waals surface area contributed by atoms with Crippen LogP contribution < -0.4 is 10.6 Å². The molecule has 4 nitrogen and oxygen atoms in total. The molecule has 1 unspecified atom stereocenters. The molecule has 0 saturated carbocycles. The number of hydrogen-bond donors (Lipinski definition) is 3. The van der Waals surface area contributed by atoms with Crippen molar-refractivity contribution in [2.75, 3.05) is 31.6 Å². The van der Waals surface area contributed by atoms with Gasteiger partial charge in [0.05, 0.1) is 13.2 Å². The number of morpholine rings is 1. The first-order valence-electron chi connectivity index (χ1n) is 4.63. The highest BCUT2D eigenvalue weighted by molar-refractivity contribution is 5.34. The van der Waals surface area contributed by atoms with Crippen molar-refractivity contribution in [3.63, 3.8) is 0 Å². The standard InChI is InChI=1S/C9H15N3O/c1-2-9(11-3-1)12-6-8-7-13-5-4-10-8/h1-3,8,10-12H,4-7H2. The van der Waals surface area contributed by atoms with Gasteiger partial charge in [0, 0.05) is 25.3 Å². The summed E-state index contributed by atoms with van der Waals surface area (Å²) in [5.74, 6) is 1.06. The van der Waals surface area contributed by atoms with Gasteiger partial charge in [-0.25, -0.2) is 0 Å². The van der Waals surface area contributed by atoms with E-state index in [1.165, 1.54) is 0 Å². The first-order chi connectivity index (χ1) is 6.45. The highest BCUT2D eigenvalue weighted by Crippen LogP contribution is 2.01. The molecular weight excluding hydrogens is 166 g/mol. The SMILES string of the molecule is c1c[nH]c(NCC2COCCN2)c1. The van der Waals surface area contributed by atoms with E-state index in [1.54, 1.807) is 0 Å². The maximum absolute atomic E-state index is 5.34. The maximum Gasteiger partial charge on any atom is 0.103 e. The number of ether oxygens (including phenoxy) is 1. The molecule has 0 aromatic carbocycles. The van der Waals surface area contributed by atoms with Gasteiger partial charge in [-0.05, 0) is 12.1 Å². The molecule has 1 aliphatic rings. The van der Waals surface area contributed by atoms with E-state index in [0.717, 1.165) is 32.1 Å². The van der Waals surface area contributed by atoms with Crippen molar-refractivity contribution in [2.24, 2.45) is 0 Å². The van der Waals surface area contributed by atoms with Crippen LogP contribution in [0.15, 0.2) is 18.3 Å². The fraction of sp³-hybridized carbons (Fsp3) is 0.556. The number of H-pyrrole nitrogens is 1. The Hall–Kier alpha value is -1.00. The zero-order valence-corrected chi connectivity index (χ0v) is 7.55. The van der Waals surface area contributed by atoms with Gasteiger partial charge < -0.3 is 20.4 Å². The molecule has 2 heterocycles. The van der Waals surface area contributed by atoms with Crippen molar-refractivity contribution in [1.82, 2.24) is 10.3 Å². The lowest BCUT2D eigenvalue weighted by atomic mass is 10.3. The average molecular weight is 181 g/mol. The molecule has 1 atom stereocenters. The van der Waals surface area contributed by atoms with E-state index in [9.17, 15) is 0 Å². The third-order valence-corrected chi connectivity index (χ3v) is 2.14. The fourth-order valence-electron chi connectivity index (χ4n) is 1.42. The van der Waals surface area contributed by atoms with Crippen LogP contribution in [0.3, 0.4) is 0 Å². The van der Waals surface area contributed by atoms with Gasteiger partial charge in [0.1, 0.15) is 5.82 Å². The van der Waals surface area contributed by atoms with Gasteiger partial charge in [-0.15, -0.1) is 0 Å². The second kappa shape index (κ2) is 4.30. The highest BCUT2D eigenvalue weighted by atomic mass is 16.5. The zero-order valence-electron chi connectivity index (χ0n) is 7.55. The van der Waals surface area contributed by atoms with Crippen molar-refractivity contribution >= 4 is 5.82 Å². The van der Waals surface area contributed by atoms with Crippen molar-refractivity contribution in [3.8, 4) is 0 Å². The molecule has 2 rings (SSSR count). The summed E-state index contributed by atoms with van der Waals surface area (Å²) >= 11 is 0. The monoisotopic (exact) mass is 181 g/mol. The summed E-state index contributed by atoms with van der Waals surface area (Å²) < 4.78 is 5.34. The van der Waals surface area contributed by atoms with Gasteiger partial charge in [0.2, 0.25) is 0 Å². The topological polar surface area (TPSA) is 49.1 Å². The van der Waals surface area contributed by atoms with Crippen molar-refractivity contribution in [2.45, 2.75) is 6.04 Å². The summed E-state index contributed by atoms with van der Waals surface area (Å²) in [7, 11) is 0. The summed E-state index contributed by atoms with van der Waals surface area (Å²) in [5.41, 5.74) is 0. The third kappa shape index (κ3) is 2.47. The number of nitrogens with one attached hydrogen (secondary N) is 3. The maximum atomic E-state index is 5.34. The first-order valence-corrected chi connectivity index (χ1v) is 4.63. The molecule has 1 fully saturated rings. The van der Waals surface area contributed by atoms with Gasteiger partial charge in [0.15, 0.2) is 0 Å². The zero-order chi connectivity index (χ0) is 8.93. The normalized spacial score (nSPS) is 22.9. The Kier molecular flexibility index (Phi) is 2.84. The Bertz CT molecular complexity index is 229. The molecule has 0 amide bonds. The number of hydrogen-bond acceptors (Lipinski definition) is 3. The Morgan fingerprint density at radius 1 is 1.62 bits per heavy atom. The lowest BCUT2D eigenvalue weighted by molar-refractivity contribution is 0.0806. The second-order valence-corrected chi connectivity index (χ2v) is 3.19. The molecule has 1 aromatic heterocycles. The molecule has 0 bridgehead atoms. The van der Waals surface area contributed by atoms with Crippen LogP contribution in [0.5, 0.6) is 0 Å². The van der Waals surface area contributed by atoms with Gasteiger partial charge in [0.25, 0.3) is 0 Å². The predicted octanol–water partition coefficient (Wildman–Crippen LogP) is 0.415. The minimum atomic E-state index is 0.428.